The van der Waals surface area contributed by atoms with Gasteiger partial charge >= 0.3 is 0 Å². The number of halogens is 2. The Balaban J connectivity index is 1.84. The van der Waals surface area contributed by atoms with Gasteiger partial charge in [0.25, 0.3) is 0 Å². The first-order valence-corrected chi connectivity index (χ1v) is 13.9. The molecule has 2 aromatic rings. The summed E-state index contributed by atoms with van der Waals surface area (Å²) in [6.07, 6.45) is 4.33. The van der Waals surface area contributed by atoms with Gasteiger partial charge in [-0.15, -0.1) is 0 Å². The van der Waals surface area contributed by atoms with Gasteiger partial charge in [0.05, 0.1) is 10.0 Å². The Hall–Kier alpha value is -0.803. The third kappa shape index (κ3) is 4.21. The first-order chi connectivity index (χ1) is 13.1. The highest BCUT2D eigenvalue weighted by Crippen LogP contribution is 2.48. The van der Waals surface area contributed by atoms with E-state index in [-0.39, 0.29) is 10.5 Å². The van der Waals surface area contributed by atoms with E-state index in [4.69, 9.17) is 27.6 Å². The second kappa shape index (κ2) is 8.14. The Labute approximate surface area is 181 Å². The summed E-state index contributed by atoms with van der Waals surface area (Å²) in [7, 11) is -1.71. The summed E-state index contributed by atoms with van der Waals surface area (Å²) in [6, 6.07) is 15.0. The molecule has 2 aromatic carbocycles. The van der Waals surface area contributed by atoms with Crippen molar-refractivity contribution in [2.24, 2.45) is 0 Å². The summed E-state index contributed by atoms with van der Waals surface area (Å²) in [5.41, 5.74) is 4.18. The zero-order chi connectivity index (χ0) is 20.6. The number of rotatable bonds is 6. The van der Waals surface area contributed by atoms with E-state index in [0.29, 0.717) is 10.0 Å². The van der Waals surface area contributed by atoms with Crippen LogP contribution in [0.25, 0.3) is 0 Å². The molecule has 0 aliphatic heterocycles. The molecule has 0 fully saturated rings. The minimum absolute atomic E-state index is 0.00160. The normalized spacial score (nSPS) is 19.7. The number of fused-ring (bicyclic) bond motifs is 1. The maximum Gasteiger partial charge on any atom is 0.191 e. The first-order valence-electron chi connectivity index (χ1n) is 10.2. The Kier molecular flexibility index (Phi) is 6.37. The minimum atomic E-state index is -1.71. The van der Waals surface area contributed by atoms with Crippen molar-refractivity contribution in [3.63, 3.8) is 0 Å². The van der Waals surface area contributed by atoms with E-state index in [1.807, 2.05) is 6.07 Å². The fraction of sp³-hybridized carbons (Fsp3) is 0.500. The van der Waals surface area contributed by atoms with Crippen molar-refractivity contribution in [3.8, 4) is 0 Å². The molecule has 28 heavy (non-hydrogen) atoms. The fourth-order valence-corrected chi connectivity index (χ4v) is 5.49. The highest BCUT2D eigenvalue weighted by atomic mass is 35.5. The van der Waals surface area contributed by atoms with Crippen LogP contribution in [-0.2, 0) is 16.3 Å². The molecule has 0 radical (unpaired) electrons. The molecule has 1 atom stereocenters. The highest BCUT2D eigenvalue weighted by molar-refractivity contribution is 6.74. The monoisotopic (exact) mass is 434 g/mol. The van der Waals surface area contributed by atoms with Gasteiger partial charge in [-0.05, 0) is 72.6 Å². The molecule has 1 unspecified atom stereocenters. The van der Waals surface area contributed by atoms with Crippen LogP contribution in [0.5, 0.6) is 0 Å². The van der Waals surface area contributed by atoms with Crippen molar-refractivity contribution in [2.45, 2.75) is 70.0 Å². The number of hydrogen-bond donors (Lipinski definition) is 0. The lowest BCUT2D eigenvalue weighted by atomic mass is 9.72. The van der Waals surface area contributed by atoms with Crippen molar-refractivity contribution in [1.29, 1.82) is 0 Å². The van der Waals surface area contributed by atoms with Gasteiger partial charge in [-0.2, -0.15) is 0 Å². The van der Waals surface area contributed by atoms with E-state index in [2.05, 4.69) is 70.3 Å². The molecule has 0 saturated carbocycles. The van der Waals surface area contributed by atoms with Gasteiger partial charge in [0, 0.05) is 12.0 Å². The summed E-state index contributed by atoms with van der Waals surface area (Å²) in [5.74, 6) is 0. The molecule has 1 aliphatic carbocycles. The van der Waals surface area contributed by atoms with Gasteiger partial charge in [-0.3, -0.25) is 0 Å². The molecule has 1 nitrogen and oxygen atoms in total. The van der Waals surface area contributed by atoms with E-state index in [9.17, 15) is 0 Å². The summed E-state index contributed by atoms with van der Waals surface area (Å²) >= 11 is 12.6. The Morgan fingerprint density at radius 1 is 1.04 bits per heavy atom. The maximum absolute atomic E-state index is 6.46. The molecule has 0 saturated heterocycles. The third-order valence-corrected chi connectivity index (χ3v) is 12.1. The fourth-order valence-electron chi connectivity index (χ4n) is 4.10. The van der Waals surface area contributed by atoms with Gasteiger partial charge in [-0.1, -0.05) is 74.3 Å². The Morgan fingerprint density at radius 3 is 2.43 bits per heavy atom. The predicted octanol–water partition coefficient (Wildman–Crippen LogP) is 8.03. The van der Waals surface area contributed by atoms with Crippen molar-refractivity contribution in [1.82, 2.24) is 0 Å². The Bertz CT molecular complexity index is 841. The minimum Gasteiger partial charge on any atom is -0.417 e. The topological polar surface area (TPSA) is 9.23 Å². The summed E-state index contributed by atoms with van der Waals surface area (Å²) in [4.78, 5) is 0. The van der Waals surface area contributed by atoms with Crippen LogP contribution in [0.15, 0.2) is 42.5 Å². The molecule has 1 aliphatic rings. The van der Waals surface area contributed by atoms with Crippen molar-refractivity contribution in [2.75, 3.05) is 6.61 Å². The van der Waals surface area contributed by atoms with E-state index in [1.54, 1.807) is 0 Å². The molecule has 3 rings (SSSR count). The molecule has 0 spiro atoms. The summed E-state index contributed by atoms with van der Waals surface area (Å²) in [5, 5.41) is 1.50. The predicted molar refractivity (Wildman–Crippen MR) is 124 cm³/mol. The summed E-state index contributed by atoms with van der Waals surface area (Å²) in [6.45, 7) is 12.4. The van der Waals surface area contributed by atoms with Crippen molar-refractivity contribution >= 4 is 31.5 Å². The molecule has 0 bridgehead atoms. The SMILES string of the molecule is CC(C)(C)[Si](C)(C)OCCCC1(c2ccc(Cl)c(Cl)c2)CCc2ccccc21. The van der Waals surface area contributed by atoms with Crippen molar-refractivity contribution in [3.05, 3.63) is 69.2 Å². The zero-order valence-electron chi connectivity index (χ0n) is 17.7. The van der Waals surface area contributed by atoms with Crippen LogP contribution in [0.4, 0.5) is 0 Å². The zero-order valence-corrected chi connectivity index (χ0v) is 20.3. The average molecular weight is 436 g/mol. The second-order valence-electron chi connectivity index (χ2n) is 9.58. The molecule has 152 valence electrons. The van der Waals surface area contributed by atoms with Gasteiger partial charge in [0.2, 0.25) is 0 Å². The van der Waals surface area contributed by atoms with E-state index in [1.165, 1.54) is 16.7 Å². The maximum atomic E-state index is 6.46. The molecular formula is C24H32Cl2OSi. The van der Waals surface area contributed by atoms with E-state index < -0.39 is 8.32 Å². The first kappa shape index (κ1) is 21.9. The van der Waals surface area contributed by atoms with Crippen LogP contribution in [0.1, 0.15) is 56.7 Å². The Morgan fingerprint density at radius 2 is 1.75 bits per heavy atom. The van der Waals surface area contributed by atoms with Crippen LogP contribution in [0.3, 0.4) is 0 Å². The van der Waals surface area contributed by atoms with Crippen LogP contribution >= 0.6 is 23.2 Å². The standard InChI is InChI=1S/C24H32Cl2OSi/c1-23(2,3)28(4,5)27-16-8-14-24(19-11-12-21(25)22(26)17-19)15-13-18-9-6-7-10-20(18)24/h6-7,9-12,17H,8,13-16H2,1-5H3. The van der Waals surface area contributed by atoms with Gasteiger partial charge in [-0.25, -0.2) is 0 Å². The lowest BCUT2D eigenvalue weighted by Crippen LogP contribution is -2.41. The third-order valence-electron chi connectivity index (χ3n) is 6.84. The smallest absolute Gasteiger partial charge is 0.191 e. The summed E-state index contributed by atoms with van der Waals surface area (Å²) < 4.78 is 6.46. The lowest BCUT2D eigenvalue weighted by molar-refractivity contribution is 0.265. The highest BCUT2D eigenvalue weighted by Gasteiger charge is 2.41. The van der Waals surface area contributed by atoms with E-state index in [0.717, 1.165) is 32.3 Å². The quantitative estimate of drug-likeness (QED) is 0.330. The molecule has 0 heterocycles. The van der Waals surface area contributed by atoms with Gasteiger partial charge in [0.1, 0.15) is 0 Å². The second-order valence-corrected chi connectivity index (χ2v) is 15.2. The molecule has 0 N–H and O–H groups in total. The van der Waals surface area contributed by atoms with Gasteiger partial charge < -0.3 is 4.43 Å². The molecule has 4 heteroatoms. The van der Waals surface area contributed by atoms with Crippen LogP contribution in [0.2, 0.25) is 28.2 Å². The molecule has 0 aromatic heterocycles. The molecular weight excluding hydrogens is 403 g/mol. The number of hydrogen-bond acceptors (Lipinski definition) is 1. The van der Waals surface area contributed by atoms with Crippen molar-refractivity contribution < 1.29 is 4.43 Å². The average Bonchev–Trinajstić information content (AvgIpc) is 3.00. The van der Waals surface area contributed by atoms with E-state index >= 15 is 0 Å². The number of aryl methyl sites for hydroxylation is 1. The lowest BCUT2D eigenvalue weighted by Gasteiger charge is -2.37. The van der Waals surface area contributed by atoms with Crippen LogP contribution in [0, 0.1) is 0 Å². The van der Waals surface area contributed by atoms with Crippen LogP contribution in [-0.4, -0.2) is 14.9 Å². The molecule has 0 amide bonds. The largest absolute Gasteiger partial charge is 0.417 e. The van der Waals surface area contributed by atoms with Crippen LogP contribution < -0.4 is 0 Å². The number of benzene rings is 2. The van der Waals surface area contributed by atoms with Gasteiger partial charge in [0.15, 0.2) is 8.32 Å².